The zero-order valence-corrected chi connectivity index (χ0v) is 22.0. The van der Waals surface area contributed by atoms with Crippen LogP contribution < -0.4 is 14.4 Å². The average molecular weight is 509 g/mol. The molecule has 1 aliphatic heterocycles. The summed E-state index contributed by atoms with van der Waals surface area (Å²) in [7, 11) is 1.66. The molecule has 1 atom stereocenters. The normalized spacial score (nSPS) is 18.7. The maximum Gasteiger partial charge on any atom is 0.230 e. The minimum atomic E-state index is -0.267. The maximum absolute atomic E-state index is 13.5. The molecule has 1 amide bonds. The van der Waals surface area contributed by atoms with E-state index in [-0.39, 0.29) is 30.3 Å². The van der Waals surface area contributed by atoms with E-state index in [0.717, 1.165) is 35.6 Å². The third kappa shape index (κ3) is 6.87. The van der Waals surface area contributed by atoms with Crippen molar-refractivity contribution < 1.29 is 18.7 Å². The molecular formula is C29H37FN4O3. The van der Waals surface area contributed by atoms with Crippen molar-refractivity contribution in [3.05, 3.63) is 53.8 Å². The molecule has 37 heavy (non-hydrogen) atoms. The summed E-state index contributed by atoms with van der Waals surface area (Å²) in [5.41, 5.74) is 2.03. The standard InChI is InChI=1S/C29H37FN4O3/c1-4-31-28(32-5-2)19-29(35)34-16-15-33(20-24(34)17-21-9-11-22(30)12-10-21)23-13-14-26(36-3)27(18-23)37-25-7-6-8-25/h4,9-14,18,24-25H,5-8,15-17,19-20H2,1-3H3/t24-/m0/s1. The second-order valence-electron chi connectivity index (χ2n) is 9.48. The lowest BCUT2D eigenvalue weighted by atomic mass is 9.96. The highest BCUT2D eigenvalue weighted by Gasteiger charge is 2.32. The van der Waals surface area contributed by atoms with Crippen molar-refractivity contribution in [3.63, 3.8) is 0 Å². The molecule has 198 valence electrons. The predicted octanol–water partition coefficient (Wildman–Crippen LogP) is 4.92. The van der Waals surface area contributed by atoms with Crippen molar-refractivity contribution in [2.75, 3.05) is 38.2 Å². The van der Waals surface area contributed by atoms with Gasteiger partial charge in [-0.1, -0.05) is 12.1 Å². The lowest BCUT2D eigenvalue weighted by Crippen LogP contribution is -2.56. The molecule has 0 unspecified atom stereocenters. The Balaban J connectivity index is 1.55. The van der Waals surface area contributed by atoms with Gasteiger partial charge in [-0.3, -0.25) is 9.79 Å². The van der Waals surface area contributed by atoms with Crippen LogP contribution in [0.2, 0.25) is 0 Å². The number of anilines is 1. The molecular weight excluding hydrogens is 471 g/mol. The average Bonchev–Trinajstić information content (AvgIpc) is 2.87. The summed E-state index contributed by atoms with van der Waals surface area (Å²) >= 11 is 0. The number of carbonyl (C=O) groups excluding carboxylic acids is 1. The number of piperazine rings is 1. The molecule has 8 heteroatoms. The van der Waals surface area contributed by atoms with E-state index in [1.54, 1.807) is 25.5 Å². The van der Waals surface area contributed by atoms with Gasteiger partial charge < -0.3 is 19.3 Å². The van der Waals surface area contributed by atoms with E-state index < -0.39 is 0 Å². The van der Waals surface area contributed by atoms with Gasteiger partial charge in [0, 0.05) is 44.1 Å². The number of methoxy groups -OCH3 is 1. The van der Waals surface area contributed by atoms with Crippen LogP contribution in [-0.2, 0) is 11.2 Å². The SMILES string of the molecule is CC=NC(CC(=O)N1CCN(c2ccc(OC)c(OC3CCC3)c2)C[C@@H]1Cc1ccc(F)cc1)=NCC. The first kappa shape index (κ1) is 26.6. The molecule has 0 aromatic heterocycles. The number of aliphatic imine (C=N–C) groups is 2. The van der Waals surface area contributed by atoms with Crippen LogP contribution in [0.15, 0.2) is 52.4 Å². The number of carbonyl (C=O) groups is 1. The Hall–Kier alpha value is -3.42. The highest BCUT2D eigenvalue weighted by Crippen LogP contribution is 2.36. The Morgan fingerprint density at radius 1 is 1.14 bits per heavy atom. The van der Waals surface area contributed by atoms with Crippen LogP contribution in [0.1, 0.15) is 45.1 Å². The van der Waals surface area contributed by atoms with Gasteiger partial charge in [0.05, 0.1) is 25.7 Å². The van der Waals surface area contributed by atoms with Crippen molar-refractivity contribution in [3.8, 4) is 11.5 Å². The zero-order valence-electron chi connectivity index (χ0n) is 22.0. The van der Waals surface area contributed by atoms with E-state index in [4.69, 9.17) is 9.47 Å². The van der Waals surface area contributed by atoms with Gasteiger partial charge in [0.2, 0.25) is 5.91 Å². The van der Waals surface area contributed by atoms with Crippen LogP contribution >= 0.6 is 0 Å². The molecule has 2 aromatic rings. The maximum atomic E-state index is 13.5. The monoisotopic (exact) mass is 508 g/mol. The van der Waals surface area contributed by atoms with Crippen molar-refractivity contribution in [1.82, 2.24) is 4.90 Å². The Morgan fingerprint density at radius 2 is 1.92 bits per heavy atom. The van der Waals surface area contributed by atoms with Gasteiger partial charge in [0.15, 0.2) is 11.5 Å². The van der Waals surface area contributed by atoms with Crippen LogP contribution in [0, 0.1) is 5.82 Å². The summed E-state index contributed by atoms with van der Waals surface area (Å²) in [6.07, 6.45) is 6.04. The third-order valence-electron chi connectivity index (χ3n) is 6.97. The fourth-order valence-corrected chi connectivity index (χ4v) is 4.82. The van der Waals surface area contributed by atoms with Gasteiger partial charge in [-0.2, -0.15) is 0 Å². The van der Waals surface area contributed by atoms with Crippen LogP contribution in [0.4, 0.5) is 10.1 Å². The number of hydrogen-bond donors (Lipinski definition) is 0. The topological polar surface area (TPSA) is 66.7 Å². The van der Waals surface area contributed by atoms with Gasteiger partial charge in [-0.05, 0) is 69.4 Å². The molecule has 0 radical (unpaired) electrons. The number of halogens is 1. The summed E-state index contributed by atoms with van der Waals surface area (Å²) < 4.78 is 25.3. The molecule has 0 spiro atoms. The summed E-state index contributed by atoms with van der Waals surface area (Å²) in [5.74, 6) is 1.78. The van der Waals surface area contributed by atoms with Gasteiger partial charge in [0.1, 0.15) is 11.7 Å². The number of amides is 1. The molecule has 2 fully saturated rings. The molecule has 2 aliphatic rings. The van der Waals surface area contributed by atoms with Gasteiger partial charge >= 0.3 is 0 Å². The molecule has 1 heterocycles. The predicted molar refractivity (Wildman–Crippen MR) is 146 cm³/mol. The number of nitrogens with zero attached hydrogens (tertiary/aromatic N) is 4. The van der Waals surface area contributed by atoms with Gasteiger partial charge in [-0.15, -0.1) is 0 Å². The summed E-state index contributed by atoms with van der Waals surface area (Å²) in [4.78, 5) is 26.3. The minimum absolute atomic E-state index is 0.00768. The van der Waals surface area contributed by atoms with E-state index in [0.29, 0.717) is 38.4 Å². The van der Waals surface area contributed by atoms with Crippen LogP contribution in [0.5, 0.6) is 11.5 Å². The van der Waals surface area contributed by atoms with Gasteiger partial charge in [-0.25, -0.2) is 9.38 Å². The first-order valence-electron chi connectivity index (χ1n) is 13.2. The lowest BCUT2D eigenvalue weighted by molar-refractivity contribution is -0.132. The number of rotatable bonds is 9. The Morgan fingerprint density at radius 3 is 2.57 bits per heavy atom. The first-order chi connectivity index (χ1) is 18.0. The third-order valence-corrected chi connectivity index (χ3v) is 6.97. The first-order valence-corrected chi connectivity index (χ1v) is 13.2. The van der Waals surface area contributed by atoms with Crippen LogP contribution in [0.25, 0.3) is 0 Å². The highest BCUT2D eigenvalue weighted by molar-refractivity contribution is 6.02. The second-order valence-corrected chi connectivity index (χ2v) is 9.48. The highest BCUT2D eigenvalue weighted by atomic mass is 19.1. The fourth-order valence-electron chi connectivity index (χ4n) is 4.82. The molecule has 7 nitrogen and oxygen atoms in total. The fraction of sp³-hybridized carbons (Fsp3) is 0.483. The van der Waals surface area contributed by atoms with E-state index in [1.807, 2.05) is 36.9 Å². The Bertz CT molecular complexity index is 1110. The molecule has 1 saturated heterocycles. The van der Waals surface area contributed by atoms with Crippen molar-refractivity contribution >= 4 is 23.6 Å². The quantitative estimate of drug-likeness (QED) is 0.356. The molecule has 0 bridgehead atoms. The summed E-state index contributed by atoms with van der Waals surface area (Å²) in [5, 5.41) is 0. The Kier molecular flexibility index (Phi) is 9.14. The van der Waals surface area contributed by atoms with E-state index in [2.05, 4.69) is 14.9 Å². The molecule has 1 saturated carbocycles. The minimum Gasteiger partial charge on any atom is -0.493 e. The summed E-state index contributed by atoms with van der Waals surface area (Å²) in [6.45, 7) is 6.25. The van der Waals surface area contributed by atoms with Crippen molar-refractivity contribution in [2.24, 2.45) is 9.98 Å². The zero-order chi connectivity index (χ0) is 26.2. The van der Waals surface area contributed by atoms with Crippen LogP contribution in [-0.4, -0.2) is 68.3 Å². The largest absolute Gasteiger partial charge is 0.493 e. The molecule has 1 aliphatic carbocycles. The lowest BCUT2D eigenvalue weighted by Gasteiger charge is -2.43. The summed E-state index contributed by atoms with van der Waals surface area (Å²) in [6, 6.07) is 12.5. The number of hydrogen-bond acceptors (Lipinski definition) is 5. The number of ether oxygens (including phenoxy) is 2. The number of amidine groups is 1. The Labute approximate surface area is 219 Å². The van der Waals surface area contributed by atoms with Gasteiger partial charge in [0.25, 0.3) is 0 Å². The molecule has 2 aromatic carbocycles. The van der Waals surface area contributed by atoms with Crippen LogP contribution in [0.3, 0.4) is 0 Å². The molecule has 0 N–H and O–H groups in total. The number of benzene rings is 2. The van der Waals surface area contributed by atoms with E-state index >= 15 is 0 Å². The molecule has 4 rings (SSSR count). The van der Waals surface area contributed by atoms with Crippen molar-refractivity contribution in [2.45, 2.75) is 58.1 Å². The van der Waals surface area contributed by atoms with E-state index in [1.165, 1.54) is 18.6 Å². The smallest absolute Gasteiger partial charge is 0.230 e. The second kappa shape index (κ2) is 12.7. The van der Waals surface area contributed by atoms with Crippen molar-refractivity contribution in [1.29, 1.82) is 0 Å². The van der Waals surface area contributed by atoms with E-state index in [9.17, 15) is 9.18 Å².